The summed E-state index contributed by atoms with van der Waals surface area (Å²) in [6.07, 6.45) is 0. The lowest BCUT2D eigenvalue weighted by Gasteiger charge is -2.51. The number of rotatable bonds is 8. The SMILES string of the molecule is Cc1cc(C(C)(C)C)c(C(O)(c2c(C(C)(C)C)cccc2C(C)(C)C)C(CO)(CO)CO)c(C(C)(C)C)c1.OP(O)OP(O)O. The number of hydrogen-bond donors (Lipinski definition) is 8. The molecule has 0 aliphatic heterocycles. The van der Waals surface area contributed by atoms with Gasteiger partial charge >= 0.3 is 17.2 Å². The zero-order chi connectivity index (χ0) is 35.6. The van der Waals surface area contributed by atoms with Gasteiger partial charge in [0, 0.05) is 0 Å². The molecule has 0 spiro atoms. The summed E-state index contributed by atoms with van der Waals surface area (Å²) in [6, 6.07) is 10.3. The maximum atomic E-state index is 13.7. The molecule has 258 valence electrons. The van der Waals surface area contributed by atoms with E-state index in [4.69, 9.17) is 19.6 Å². The van der Waals surface area contributed by atoms with Gasteiger partial charge in [-0.05, 0) is 62.0 Å². The van der Waals surface area contributed by atoms with Crippen LogP contribution in [0.4, 0.5) is 0 Å². The van der Waals surface area contributed by atoms with Crippen molar-refractivity contribution in [2.24, 2.45) is 5.41 Å². The highest BCUT2D eigenvalue weighted by Gasteiger charge is 2.57. The first-order chi connectivity index (χ1) is 20.2. The summed E-state index contributed by atoms with van der Waals surface area (Å²) in [7, 11) is -5.22. The zero-order valence-electron chi connectivity index (χ0n) is 29.4. The monoisotopic (exact) mass is 672 g/mol. The molecule has 0 aromatic heterocycles. The maximum Gasteiger partial charge on any atom is 0.334 e. The molecule has 0 radical (unpaired) electrons. The Balaban J connectivity index is 0.00000129. The lowest BCUT2D eigenvalue weighted by molar-refractivity contribution is -0.138. The van der Waals surface area contributed by atoms with Crippen LogP contribution in [0, 0.1) is 12.3 Å². The maximum absolute atomic E-state index is 13.7. The third kappa shape index (κ3) is 9.52. The van der Waals surface area contributed by atoms with Crippen LogP contribution in [0.25, 0.3) is 0 Å². The Morgan fingerprint density at radius 1 is 0.556 bits per heavy atom. The van der Waals surface area contributed by atoms with Crippen LogP contribution in [0.2, 0.25) is 0 Å². The van der Waals surface area contributed by atoms with Crippen molar-refractivity contribution in [3.05, 3.63) is 69.3 Å². The van der Waals surface area contributed by atoms with Crippen LogP contribution in [0.5, 0.6) is 0 Å². The van der Waals surface area contributed by atoms with Crippen molar-refractivity contribution in [2.75, 3.05) is 19.8 Å². The standard InChI is InChI=1S/C34H54O4.H4O5P2/c1-22-17-25(31(8,9)10)28(26(18-22)32(11,12)13)34(38,33(19-35,20-36)21-37)27-23(29(2,3)4)15-14-16-24(27)30(5,6)7;1-6(2)5-7(3)4/h14-18,35-38H,19-21H2,1-13H3;1-4H. The van der Waals surface area contributed by atoms with Crippen molar-refractivity contribution in [3.8, 4) is 0 Å². The van der Waals surface area contributed by atoms with E-state index in [1.54, 1.807) is 0 Å². The molecule has 2 aromatic rings. The van der Waals surface area contributed by atoms with Gasteiger partial charge in [-0.2, -0.15) is 0 Å². The minimum atomic E-state index is -2.61. The van der Waals surface area contributed by atoms with Crippen LogP contribution >= 0.6 is 17.2 Å². The van der Waals surface area contributed by atoms with Crippen LogP contribution in [0.15, 0.2) is 30.3 Å². The van der Waals surface area contributed by atoms with Crippen molar-refractivity contribution in [1.29, 1.82) is 0 Å². The fourth-order valence-corrected chi connectivity index (χ4v) is 6.29. The minimum absolute atomic E-state index is 0.370. The molecule has 11 heteroatoms. The van der Waals surface area contributed by atoms with E-state index in [1.807, 2.05) is 18.2 Å². The lowest BCUT2D eigenvalue weighted by atomic mass is 9.56. The highest BCUT2D eigenvalue weighted by molar-refractivity contribution is 7.53. The fraction of sp³-hybridized carbons (Fsp3) is 0.647. The highest BCUT2D eigenvalue weighted by atomic mass is 31.2. The van der Waals surface area contributed by atoms with Gasteiger partial charge in [0.2, 0.25) is 0 Å². The van der Waals surface area contributed by atoms with Gasteiger partial charge in [-0.25, -0.2) is 4.31 Å². The summed E-state index contributed by atoms with van der Waals surface area (Å²) < 4.78 is 3.60. The van der Waals surface area contributed by atoms with Crippen molar-refractivity contribution < 1.29 is 44.3 Å². The Labute approximate surface area is 273 Å². The van der Waals surface area contributed by atoms with E-state index in [-0.39, 0.29) is 21.7 Å². The normalized spacial score (nSPS) is 14.8. The van der Waals surface area contributed by atoms with Crippen molar-refractivity contribution in [1.82, 2.24) is 0 Å². The Morgan fingerprint density at radius 3 is 1.07 bits per heavy atom. The molecule has 1 unspecified atom stereocenters. The number of aryl methyl sites for hydroxylation is 1. The van der Waals surface area contributed by atoms with Crippen LogP contribution < -0.4 is 0 Å². The summed E-state index contributed by atoms with van der Waals surface area (Å²) in [5.41, 5.74) is 1.06. The average molecular weight is 673 g/mol. The largest absolute Gasteiger partial charge is 0.395 e. The smallest absolute Gasteiger partial charge is 0.334 e. The van der Waals surface area contributed by atoms with E-state index in [0.29, 0.717) is 11.1 Å². The molecule has 0 aliphatic carbocycles. The third-order valence-electron chi connectivity index (χ3n) is 8.12. The van der Waals surface area contributed by atoms with Crippen LogP contribution in [0.3, 0.4) is 0 Å². The van der Waals surface area contributed by atoms with Crippen LogP contribution in [0.1, 0.15) is 122 Å². The summed E-state index contributed by atoms with van der Waals surface area (Å²) in [5, 5.41) is 46.6. The first-order valence-corrected chi connectivity index (χ1v) is 17.4. The van der Waals surface area contributed by atoms with Gasteiger partial charge in [0.15, 0.2) is 0 Å². The highest BCUT2D eigenvalue weighted by Crippen LogP contribution is 2.55. The Morgan fingerprint density at radius 2 is 0.844 bits per heavy atom. The molecule has 0 amide bonds. The molecular weight excluding hydrogens is 614 g/mol. The Bertz CT molecular complexity index is 1180. The molecule has 0 aliphatic rings. The Hall–Kier alpha value is -1.06. The quantitative estimate of drug-likeness (QED) is 0.161. The minimum Gasteiger partial charge on any atom is -0.395 e. The van der Waals surface area contributed by atoms with E-state index >= 15 is 0 Å². The molecule has 45 heavy (non-hydrogen) atoms. The van der Waals surface area contributed by atoms with Gasteiger partial charge in [0.05, 0.1) is 25.2 Å². The van der Waals surface area contributed by atoms with Crippen LogP contribution in [-0.2, 0) is 31.6 Å². The summed E-state index contributed by atoms with van der Waals surface area (Å²) in [4.78, 5) is 31.3. The average Bonchev–Trinajstić information content (AvgIpc) is 2.86. The van der Waals surface area contributed by atoms with Gasteiger partial charge in [0.1, 0.15) is 5.60 Å². The summed E-state index contributed by atoms with van der Waals surface area (Å²) >= 11 is 0. The van der Waals surface area contributed by atoms with Gasteiger partial charge in [0.25, 0.3) is 0 Å². The van der Waals surface area contributed by atoms with Gasteiger partial charge in [-0.3, -0.25) is 0 Å². The number of aliphatic hydroxyl groups is 4. The van der Waals surface area contributed by atoms with Crippen LogP contribution in [-0.4, -0.2) is 59.8 Å². The van der Waals surface area contributed by atoms with E-state index in [0.717, 1.165) is 27.8 Å². The molecule has 0 fully saturated rings. The fourth-order valence-electron chi connectivity index (χ4n) is 5.77. The number of hydrogen-bond acceptors (Lipinski definition) is 9. The van der Waals surface area contributed by atoms with E-state index in [9.17, 15) is 20.4 Å². The second-order valence-corrected chi connectivity index (χ2v) is 17.7. The zero-order valence-corrected chi connectivity index (χ0v) is 31.2. The molecule has 2 rings (SSSR count). The topological polar surface area (TPSA) is 171 Å². The summed E-state index contributed by atoms with van der Waals surface area (Å²) in [5.74, 6) is 0. The van der Waals surface area contributed by atoms with Crippen molar-refractivity contribution in [2.45, 2.75) is 117 Å². The molecule has 9 nitrogen and oxygen atoms in total. The lowest BCUT2D eigenvalue weighted by Crippen LogP contribution is -2.57. The van der Waals surface area contributed by atoms with Gasteiger partial charge in [-0.15, -0.1) is 0 Å². The molecule has 8 N–H and O–H groups in total. The second kappa shape index (κ2) is 15.0. The first-order valence-electron chi connectivity index (χ1n) is 15.0. The predicted octanol–water partition coefficient (Wildman–Crippen LogP) is 5.81. The van der Waals surface area contributed by atoms with E-state index in [2.05, 4.69) is 106 Å². The molecule has 0 saturated heterocycles. The molecule has 1 atom stereocenters. The number of benzene rings is 2. The van der Waals surface area contributed by atoms with Crippen molar-refractivity contribution >= 4 is 17.2 Å². The predicted molar refractivity (Wildman–Crippen MR) is 183 cm³/mol. The first kappa shape index (κ1) is 42.0. The van der Waals surface area contributed by atoms with Crippen molar-refractivity contribution in [3.63, 3.8) is 0 Å². The molecule has 0 saturated carbocycles. The number of aliphatic hydroxyl groups excluding tert-OH is 3. The van der Waals surface area contributed by atoms with Gasteiger partial charge in [-0.1, -0.05) is 119 Å². The Kier molecular flexibility index (Phi) is 14.0. The molecular formula is C34H58O9P2. The second-order valence-electron chi connectivity index (χ2n) is 16.0. The summed E-state index contributed by atoms with van der Waals surface area (Å²) in [6.45, 7) is 25.7. The van der Waals surface area contributed by atoms with E-state index < -0.39 is 48.0 Å². The molecule has 2 aromatic carbocycles. The third-order valence-corrected chi connectivity index (χ3v) is 9.29. The molecule has 0 heterocycles. The molecule has 0 bridgehead atoms. The van der Waals surface area contributed by atoms with E-state index in [1.165, 1.54) is 0 Å². The van der Waals surface area contributed by atoms with Gasteiger partial charge < -0.3 is 40.0 Å².